The first-order valence-corrected chi connectivity index (χ1v) is 9.80. The van der Waals surface area contributed by atoms with Gasteiger partial charge in [-0.15, -0.1) is 15.3 Å². The Kier molecular flexibility index (Phi) is 3.66. The number of hydrogen-bond donors (Lipinski definition) is 0. The van der Waals surface area contributed by atoms with Crippen LogP contribution in [0.15, 0.2) is 29.0 Å². The molecule has 8 heteroatoms. The molecule has 0 N–H and O–H groups in total. The molecule has 0 amide bonds. The fraction of sp³-hybridized carbons (Fsp3) is 0.444. The van der Waals surface area contributed by atoms with E-state index in [1.807, 2.05) is 29.0 Å². The minimum Gasteiger partial charge on any atom is -0.467 e. The van der Waals surface area contributed by atoms with E-state index >= 15 is 0 Å². The van der Waals surface area contributed by atoms with Gasteiger partial charge in [0.05, 0.1) is 7.11 Å². The minimum atomic E-state index is -0.251. The summed E-state index contributed by atoms with van der Waals surface area (Å²) in [4.78, 5) is 14.6. The number of fused-ring (bicyclic) bond motifs is 2. The molecule has 3 aromatic heterocycles. The SMILES string of the molecule is COC(=O)C1C2CCCC2CN1c1ccc2nnc(-c3ccsc3)n2n1. The summed E-state index contributed by atoms with van der Waals surface area (Å²) in [5.74, 6) is 2.23. The molecule has 26 heavy (non-hydrogen) atoms. The molecule has 0 aromatic carbocycles. The number of methoxy groups -OCH3 is 1. The largest absolute Gasteiger partial charge is 0.467 e. The number of ether oxygens (including phenoxy) is 1. The fourth-order valence-corrected chi connectivity index (χ4v) is 5.10. The van der Waals surface area contributed by atoms with Crippen LogP contribution in [0.2, 0.25) is 0 Å². The Balaban J connectivity index is 1.58. The summed E-state index contributed by atoms with van der Waals surface area (Å²) in [5, 5.41) is 17.3. The normalized spacial score (nSPS) is 25.0. The maximum Gasteiger partial charge on any atom is 0.328 e. The smallest absolute Gasteiger partial charge is 0.328 e. The maximum atomic E-state index is 12.5. The third kappa shape index (κ3) is 2.32. The molecule has 0 spiro atoms. The first-order chi connectivity index (χ1) is 12.8. The summed E-state index contributed by atoms with van der Waals surface area (Å²) < 4.78 is 6.87. The fourth-order valence-electron chi connectivity index (χ4n) is 4.47. The van der Waals surface area contributed by atoms with Crippen LogP contribution >= 0.6 is 11.3 Å². The predicted octanol–water partition coefficient (Wildman–Crippen LogP) is 2.63. The van der Waals surface area contributed by atoms with E-state index in [4.69, 9.17) is 9.84 Å². The lowest BCUT2D eigenvalue weighted by molar-refractivity contribution is -0.143. The number of nitrogens with zero attached hydrogens (tertiary/aromatic N) is 5. The highest BCUT2D eigenvalue weighted by molar-refractivity contribution is 7.08. The third-order valence-electron chi connectivity index (χ3n) is 5.66. The van der Waals surface area contributed by atoms with Gasteiger partial charge in [-0.3, -0.25) is 0 Å². The summed E-state index contributed by atoms with van der Waals surface area (Å²) in [7, 11) is 1.47. The van der Waals surface area contributed by atoms with Gasteiger partial charge in [-0.25, -0.2) is 4.79 Å². The molecule has 4 heterocycles. The number of thiophene rings is 1. The van der Waals surface area contributed by atoms with Crippen LogP contribution in [0.5, 0.6) is 0 Å². The van der Waals surface area contributed by atoms with Gasteiger partial charge in [0.25, 0.3) is 0 Å². The van der Waals surface area contributed by atoms with Crippen LogP contribution in [-0.2, 0) is 9.53 Å². The number of carbonyl (C=O) groups is 1. The molecule has 5 rings (SSSR count). The second-order valence-electron chi connectivity index (χ2n) is 6.97. The van der Waals surface area contributed by atoms with E-state index in [1.165, 1.54) is 20.0 Å². The Morgan fingerprint density at radius 3 is 3.00 bits per heavy atom. The molecule has 2 aliphatic rings. The molecule has 1 aliphatic heterocycles. The lowest BCUT2D eigenvalue weighted by atomic mass is 9.94. The van der Waals surface area contributed by atoms with Gasteiger partial charge >= 0.3 is 5.97 Å². The summed E-state index contributed by atoms with van der Waals surface area (Å²) in [6.45, 7) is 0.846. The van der Waals surface area contributed by atoms with Crippen LogP contribution in [0.1, 0.15) is 19.3 Å². The van der Waals surface area contributed by atoms with Crippen LogP contribution in [0, 0.1) is 11.8 Å². The van der Waals surface area contributed by atoms with E-state index < -0.39 is 0 Å². The molecule has 0 bridgehead atoms. The van der Waals surface area contributed by atoms with Crippen molar-refractivity contribution in [3.05, 3.63) is 29.0 Å². The molecule has 3 aromatic rings. The van der Waals surface area contributed by atoms with Crippen molar-refractivity contribution >= 4 is 28.8 Å². The molecule has 1 aliphatic carbocycles. The predicted molar refractivity (Wildman–Crippen MR) is 98.1 cm³/mol. The Bertz CT molecular complexity index is 954. The van der Waals surface area contributed by atoms with E-state index in [2.05, 4.69) is 15.1 Å². The lowest BCUT2D eigenvalue weighted by Crippen LogP contribution is -2.41. The van der Waals surface area contributed by atoms with Crippen molar-refractivity contribution in [1.82, 2.24) is 19.8 Å². The number of anilines is 1. The summed E-state index contributed by atoms with van der Waals surface area (Å²) in [6.07, 6.45) is 3.44. The van der Waals surface area contributed by atoms with Crippen molar-refractivity contribution in [3.63, 3.8) is 0 Å². The zero-order valence-electron chi connectivity index (χ0n) is 14.4. The Morgan fingerprint density at radius 1 is 1.27 bits per heavy atom. The molecule has 134 valence electrons. The van der Waals surface area contributed by atoms with Gasteiger partial charge in [0.2, 0.25) is 0 Å². The van der Waals surface area contributed by atoms with E-state index in [-0.39, 0.29) is 12.0 Å². The highest BCUT2D eigenvalue weighted by Gasteiger charge is 2.48. The molecule has 3 atom stereocenters. The van der Waals surface area contributed by atoms with Crippen LogP contribution < -0.4 is 4.90 Å². The second kappa shape index (κ2) is 6.05. The lowest BCUT2D eigenvalue weighted by Gasteiger charge is -2.26. The molecule has 0 radical (unpaired) electrons. The van der Waals surface area contributed by atoms with Crippen LogP contribution in [0.25, 0.3) is 17.0 Å². The zero-order chi connectivity index (χ0) is 17.7. The first-order valence-electron chi connectivity index (χ1n) is 8.86. The topological polar surface area (TPSA) is 72.6 Å². The van der Waals surface area contributed by atoms with Crippen LogP contribution in [0.4, 0.5) is 5.82 Å². The van der Waals surface area contributed by atoms with Crippen molar-refractivity contribution in [3.8, 4) is 11.4 Å². The van der Waals surface area contributed by atoms with Crippen molar-refractivity contribution in [2.24, 2.45) is 11.8 Å². The van der Waals surface area contributed by atoms with E-state index in [9.17, 15) is 4.79 Å². The number of aromatic nitrogens is 4. The van der Waals surface area contributed by atoms with E-state index in [0.29, 0.717) is 17.5 Å². The standard InChI is InChI=1S/C18H19N5O2S/c1-25-18(24)16-13-4-2-3-11(13)9-22(16)15-6-5-14-19-20-17(23(14)21-15)12-7-8-26-10-12/h5-8,10-11,13,16H,2-4,9H2,1H3. The maximum absolute atomic E-state index is 12.5. The summed E-state index contributed by atoms with van der Waals surface area (Å²) in [5.41, 5.74) is 1.69. The first kappa shape index (κ1) is 15.7. The number of esters is 1. The monoisotopic (exact) mass is 369 g/mol. The van der Waals surface area contributed by atoms with Crippen LogP contribution in [0.3, 0.4) is 0 Å². The minimum absolute atomic E-state index is 0.164. The van der Waals surface area contributed by atoms with Gasteiger partial charge in [-0.05, 0) is 48.3 Å². The molecule has 3 unspecified atom stereocenters. The average Bonchev–Trinajstić information content (AvgIpc) is 3.42. The summed E-state index contributed by atoms with van der Waals surface area (Å²) >= 11 is 1.61. The van der Waals surface area contributed by atoms with Gasteiger partial charge < -0.3 is 9.64 Å². The molecule has 1 saturated heterocycles. The number of rotatable bonds is 3. The van der Waals surface area contributed by atoms with Crippen molar-refractivity contribution in [2.75, 3.05) is 18.6 Å². The number of carbonyl (C=O) groups excluding carboxylic acids is 1. The van der Waals surface area contributed by atoms with Crippen molar-refractivity contribution in [1.29, 1.82) is 0 Å². The highest BCUT2D eigenvalue weighted by atomic mass is 32.1. The molecule has 7 nitrogen and oxygen atoms in total. The molecule has 1 saturated carbocycles. The molecule has 2 fully saturated rings. The van der Waals surface area contributed by atoms with Gasteiger partial charge in [-0.1, -0.05) is 6.42 Å². The zero-order valence-corrected chi connectivity index (χ0v) is 15.2. The van der Waals surface area contributed by atoms with Gasteiger partial charge in [0.15, 0.2) is 17.3 Å². The Morgan fingerprint density at radius 2 is 2.19 bits per heavy atom. The Hall–Kier alpha value is -2.48. The van der Waals surface area contributed by atoms with E-state index in [0.717, 1.165) is 30.2 Å². The Labute approximate surface area is 154 Å². The van der Waals surface area contributed by atoms with Gasteiger partial charge in [0.1, 0.15) is 6.04 Å². The van der Waals surface area contributed by atoms with Crippen LogP contribution in [-0.4, -0.2) is 45.5 Å². The van der Waals surface area contributed by atoms with Gasteiger partial charge in [-0.2, -0.15) is 15.9 Å². The number of hydrogen-bond acceptors (Lipinski definition) is 7. The highest BCUT2D eigenvalue weighted by Crippen LogP contribution is 2.44. The van der Waals surface area contributed by atoms with E-state index in [1.54, 1.807) is 15.9 Å². The summed E-state index contributed by atoms with van der Waals surface area (Å²) in [6, 6.07) is 5.59. The van der Waals surface area contributed by atoms with Gasteiger partial charge in [0, 0.05) is 17.5 Å². The quantitative estimate of drug-likeness (QED) is 0.661. The van der Waals surface area contributed by atoms with Crippen molar-refractivity contribution in [2.45, 2.75) is 25.3 Å². The molecular weight excluding hydrogens is 350 g/mol. The molecular formula is C18H19N5O2S. The second-order valence-corrected chi connectivity index (χ2v) is 7.75. The van der Waals surface area contributed by atoms with Crippen molar-refractivity contribution < 1.29 is 9.53 Å². The average molecular weight is 369 g/mol. The third-order valence-corrected chi connectivity index (χ3v) is 6.34.